The molecular formula is C37H37F12N9O7. The number of aliphatic carboxylic acids is 3. The van der Waals surface area contributed by atoms with E-state index in [-0.39, 0.29) is 12.0 Å². The fourth-order valence-electron chi connectivity index (χ4n) is 6.57. The summed E-state index contributed by atoms with van der Waals surface area (Å²) >= 11 is 0. The molecule has 2 aliphatic carbocycles. The number of aromatic nitrogens is 6. The number of alkyl halides is 12. The van der Waals surface area contributed by atoms with E-state index in [0.717, 1.165) is 60.6 Å². The zero-order chi connectivity index (χ0) is 48.5. The molecule has 1 saturated heterocycles. The molecule has 0 amide bonds. The first-order chi connectivity index (χ1) is 30.1. The van der Waals surface area contributed by atoms with Crippen LogP contribution in [-0.4, -0.2) is 118 Å². The fourth-order valence-corrected chi connectivity index (χ4v) is 6.57. The Morgan fingerprint density at radius 1 is 0.862 bits per heavy atom. The van der Waals surface area contributed by atoms with Crippen molar-refractivity contribution in [1.29, 1.82) is 5.26 Å². The van der Waals surface area contributed by atoms with Crippen LogP contribution < -0.4 is 10.1 Å². The van der Waals surface area contributed by atoms with Crippen LogP contribution in [0.1, 0.15) is 56.2 Å². The number of nitrogens with one attached hydrogen (secondary N) is 2. The lowest BCUT2D eigenvalue weighted by Gasteiger charge is -2.53. The maximum Gasteiger partial charge on any atom is 0.490 e. The quantitative estimate of drug-likeness (QED) is 0.101. The average Bonchev–Trinajstić information content (AvgIpc) is 3.64. The number of fused-ring (bicyclic) bond motifs is 1. The summed E-state index contributed by atoms with van der Waals surface area (Å²) in [5.41, 5.74) is 1.62. The second-order valence-electron chi connectivity index (χ2n) is 14.8. The monoisotopic (exact) mass is 947 g/mol. The van der Waals surface area contributed by atoms with Gasteiger partial charge in [0.2, 0.25) is 5.88 Å². The minimum absolute atomic E-state index is 0.0403. The Kier molecular flexibility index (Phi) is 16.4. The molecule has 4 aromatic rings. The van der Waals surface area contributed by atoms with E-state index in [9.17, 15) is 57.9 Å². The Hall–Kier alpha value is -6.24. The lowest BCUT2D eigenvalue weighted by atomic mass is 9.82. The highest BCUT2D eigenvalue weighted by Gasteiger charge is 2.48. The summed E-state index contributed by atoms with van der Waals surface area (Å²) in [5.74, 6) is -7.59. The minimum Gasteiger partial charge on any atom is -0.475 e. The summed E-state index contributed by atoms with van der Waals surface area (Å²) in [6, 6.07) is 7.35. The maximum atomic E-state index is 13.6. The van der Waals surface area contributed by atoms with Crippen molar-refractivity contribution in [3.8, 4) is 23.2 Å². The van der Waals surface area contributed by atoms with Crippen LogP contribution in [0.25, 0.3) is 22.3 Å². The van der Waals surface area contributed by atoms with Gasteiger partial charge >= 0.3 is 42.6 Å². The first-order valence-electron chi connectivity index (χ1n) is 18.9. The van der Waals surface area contributed by atoms with Gasteiger partial charge in [-0.05, 0) is 68.7 Å². The van der Waals surface area contributed by atoms with Gasteiger partial charge < -0.3 is 30.4 Å². The van der Waals surface area contributed by atoms with Gasteiger partial charge in [0.05, 0.1) is 24.4 Å². The van der Waals surface area contributed by atoms with Crippen molar-refractivity contribution in [1.82, 2.24) is 39.9 Å². The fraction of sp³-hybridized carbons (Fsp3) is 0.514. The van der Waals surface area contributed by atoms with E-state index in [4.69, 9.17) is 34.4 Å². The van der Waals surface area contributed by atoms with Gasteiger partial charge in [0.15, 0.2) is 0 Å². The Labute approximate surface area is 358 Å². The number of hydrogen-bond donors (Lipinski definition) is 5. The van der Waals surface area contributed by atoms with Crippen LogP contribution in [-0.2, 0) is 32.6 Å². The number of halogens is 12. The Bertz CT molecular complexity index is 2230. The lowest BCUT2D eigenvalue weighted by molar-refractivity contribution is -0.193. The van der Waals surface area contributed by atoms with Crippen LogP contribution in [0, 0.1) is 17.2 Å². The zero-order valence-corrected chi connectivity index (χ0v) is 33.2. The van der Waals surface area contributed by atoms with E-state index in [0.29, 0.717) is 43.6 Å². The van der Waals surface area contributed by atoms with Crippen molar-refractivity contribution in [3.05, 3.63) is 54.4 Å². The normalized spacial score (nSPS) is 18.6. The van der Waals surface area contributed by atoms with E-state index in [2.05, 4.69) is 41.3 Å². The van der Waals surface area contributed by atoms with Crippen LogP contribution in [0.15, 0.2) is 43.1 Å². The molecule has 3 fully saturated rings. The number of aromatic amines is 1. The predicted octanol–water partition coefficient (Wildman–Crippen LogP) is 6.95. The number of nitrogens with zero attached hydrogens (tertiary/aromatic N) is 7. The van der Waals surface area contributed by atoms with E-state index < -0.39 is 53.8 Å². The first-order valence-corrected chi connectivity index (χ1v) is 18.9. The molecule has 356 valence electrons. The van der Waals surface area contributed by atoms with Gasteiger partial charge in [-0.25, -0.2) is 29.3 Å². The Balaban J connectivity index is 0.000000366. The molecule has 5 heterocycles. The topological polar surface area (TPSA) is 232 Å². The smallest absolute Gasteiger partial charge is 0.475 e. The number of H-pyrrole nitrogens is 1. The lowest BCUT2D eigenvalue weighted by Crippen LogP contribution is -2.65. The van der Waals surface area contributed by atoms with E-state index >= 15 is 0 Å². The SMILES string of the molecule is N#CCC1(n2cc(-c3ncnc4[nH]ccc34)cn2)CN([C@H]2CC[C@@H](Oc3cc(CNCC4CC4)cc(C(F)(F)F)n3)CC2)C1.O=C(O)C(F)(F)F.O=C(O)C(F)(F)F.O=C(O)C(F)(F)F. The summed E-state index contributed by atoms with van der Waals surface area (Å²) < 4.78 is 144. The van der Waals surface area contributed by atoms with E-state index in [1.54, 1.807) is 12.3 Å². The number of hydrogen-bond acceptors (Lipinski definition) is 11. The van der Waals surface area contributed by atoms with Crippen molar-refractivity contribution in [2.24, 2.45) is 5.92 Å². The van der Waals surface area contributed by atoms with Gasteiger partial charge in [-0.2, -0.15) is 63.0 Å². The van der Waals surface area contributed by atoms with Gasteiger partial charge in [0.1, 0.15) is 29.3 Å². The summed E-state index contributed by atoms with van der Waals surface area (Å²) in [6.45, 7) is 2.58. The third-order valence-electron chi connectivity index (χ3n) is 9.89. The molecule has 65 heavy (non-hydrogen) atoms. The molecular weight excluding hydrogens is 910 g/mol. The third kappa shape index (κ3) is 14.9. The summed E-state index contributed by atoms with van der Waals surface area (Å²) in [7, 11) is 0. The van der Waals surface area contributed by atoms with Crippen molar-refractivity contribution < 1.29 is 87.1 Å². The molecule has 0 radical (unpaired) electrons. The van der Waals surface area contributed by atoms with Crippen molar-refractivity contribution in [3.63, 3.8) is 0 Å². The number of rotatable bonds is 10. The van der Waals surface area contributed by atoms with Gasteiger partial charge in [-0.15, -0.1) is 0 Å². The van der Waals surface area contributed by atoms with Gasteiger partial charge in [-0.1, -0.05) is 0 Å². The molecule has 0 bridgehead atoms. The van der Waals surface area contributed by atoms with Crippen LogP contribution >= 0.6 is 0 Å². The maximum absolute atomic E-state index is 13.6. The Morgan fingerprint density at radius 2 is 1.43 bits per heavy atom. The number of carboxylic acid groups (broad SMARTS) is 3. The predicted molar refractivity (Wildman–Crippen MR) is 196 cm³/mol. The molecule has 2 saturated carbocycles. The summed E-state index contributed by atoms with van der Waals surface area (Å²) in [5, 5.41) is 39.9. The molecule has 0 unspecified atom stereocenters. The van der Waals surface area contributed by atoms with Gasteiger partial charge in [0.25, 0.3) is 0 Å². The number of ether oxygens (including phenoxy) is 1. The van der Waals surface area contributed by atoms with Crippen molar-refractivity contribution >= 4 is 28.9 Å². The molecule has 0 aromatic carbocycles. The molecule has 0 atom stereocenters. The largest absolute Gasteiger partial charge is 0.490 e. The molecule has 3 aliphatic rings. The van der Waals surface area contributed by atoms with Crippen LogP contribution in [0.3, 0.4) is 0 Å². The highest BCUT2D eigenvalue weighted by atomic mass is 19.4. The van der Waals surface area contributed by atoms with Crippen LogP contribution in [0.5, 0.6) is 5.88 Å². The van der Waals surface area contributed by atoms with Gasteiger partial charge in [-0.3, -0.25) is 9.58 Å². The average molecular weight is 948 g/mol. The molecule has 1 aliphatic heterocycles. The van der Waals surface area contributed by atoms with E-state index in [1.165, 1.54) is 19.2 Å². The third-order valence-corrected chi connectivity index (χ3v) is 9.89. The number of carbonyl (C=O) groups is 3. The number of nitriles is 1. The molecule has 4 aromatic heterocycles. The van der Waals surface area contributed by atoms with Crippen LogP contribution in [0.2, 0.25) is 0 Å². The standard InChI is InChI=1S/C31H34F3N9O.3C2HF3O2/c32-31(33,34)26-11-21(14-36-13-20-1-2-20)12-27(41-26)44-24-5-3-23(4-6-24)42-17-30(18-42,8-9-35)43-16-22(15-40-43)28-25-7-10-37-29(25)39-19-38-28;3*3-2(4,5)1(6)7/h7,10-12,15-16,19-20,23-24,36H,1-6,8,13-14,17-18H2,(H,37,38,39);3*(H,6,7)/t23-,24+;;;. The molecule has 7 rings (SSSR count). The highest BCUT2D eigenvalue weighted by molar-refractivity contribution is 5.90. The number of likely N-dealkylation sites (tertiary alicyclic amines) is 1. The zero-order valence-electron chi connectivity index (χ0n) is 33.2. The van der Waals surface area contributed by atoms with Crippen LogP contribution in [0.4, 0.5) is 52.7 Å². The van der Waals surface area contributed by atoms with Crippen molar-refractivity contribution in [2.75, 3.05) is 19.6 Å². The second kappa shape index (κ2) is 20.7. The number of pyridine rings is 1. The molecule has 28 heteroatoms. The van der Waals surface area contributed by atoms with Crippen molar-refractivity contribution in [2.45, 2.75) is 93.9 Å². The highest BCUT2D eigenvalue weighted by Crippen LogP contribution is 2.39. The van der Waals surface area contributed by atoms with E-state index in [1.807, 2.05) is 23.1 Å². The second-order valence-corrected chi connectivity index (χ2v) is 14.8. The summed E-state index contributed by atoms with van der Waals surface area (Å²) in [4.78, 5) is 44.7. The van der Waals surface area contributed by atoms with Gasteiger partial charge in [0, 0.05) is 55.1 Å². The molecule has 16 nitrogen and oxygen atoms in total. The minimum atomic E-state index is -5.08. The first kappa shape index (κ1) is 51.4. The number of carboxylic acids is 3. The summed E-state index contributed by atoms with van der Waals surface area (Å²) in [6.07, 6.45) is -7.00. The molecule has 5 N–H and O–H groups in total. The Morgan fingerprint density at radius 3 is 1.94 bits per heavy atom. The molecule has 0 spiro atoms.